The van der Waals surface area contributed by atoms with E-state index in [1.165, 1.54) is 11.3 Å². The first kappa shape index (κ1) is 21.0. The fourth-order valence-electron chi connectivity index (χ4n) is 4.55. The average molecular weight is 474 g/mol. The summed E-state index contributed by atoms with van der Waals surface area (Å²) in [4.78, 5) is 40.3. The van der Waals surface area contributed by atoms with Crippen LogP contribution in [-0.2, 0) is 0 Å². The minimum Gasteiger partial charge on any atom is -0.436 e. The lowest BCUT2D eigenvalue weighted by Gasteiger charge is -2.47. The van der Waals surface area contributed by atoms with Gasteiger partial charge in [0.2, 0.25) is 5.89 Å². The van der Waals surface area contributed by atoms with Gasteiger partial charge < -0.3 is 14.2 Å². The van der Waals surface area contributed by atoms with Crippen molar-refractivity contribution < 1.29 is 14.0 Å². The number of thiazole rings is 1. The molecule has 4 aromatic rings. The zero-order valence-corrected chi connectivity index (χ0v) is 19.3. The van der Waals surface area contributed by atoms with E-state index in [2.05, 4.69) is 14.9 Å². The second-order valence-corrected chi connectivity index (χ2v) is 9.49. The summed E-state index contributed by atoms with van der Waals surface area (Å²) in [6.45, 7) is 4.38. The molecule has 0 N–H and O–H groups in total. The van der Waals surface area contributed by atoms with E-state index in [1.807, 2.05) is 57.6 Å². The molecule has 4 heterocycles. The maximum Gasteiger partial charge on any atom is 0.282 e. The van der Waals surface area contributed by atoms with Crippen LogP contribution in [0.1, 0.15) is 20.2 Å². The Balaban J connectivity index is 1.06. The lowest BCUT2D eigenvalue weighted by molar-refractivity contribution is 0.00852. The van der Waals surface area contributed by atoms with E-state index in [1.54, 1.807) is 12.3 Å². The standard InChI is InChI=1S/C25H23N5O3S/c31-24(18-6-7-20-21(14-18)33-22(27-20)17-4-2-1-3-5-17)29-11-9-28(10-12-29)19-15-30(16-19)25(32)23-26-8-13-34-23/h1-8,13-14,19H,9-12,15-16H2. The van der Waals surface area contributed by atoms with Crippen molar-refractivity contribution in [3.05, 3.63) is 70.7 Å². The van der Waals surface area contributed by atoms with E-state index < -0.39 is 0 Å². The summed E-state index contributed by atoms with van der Waals surface area (Å²) in [7, 11) is 0. The van der Waals surface area contributed by atoms with Crippen LogP contribution in [-0.4, -0.2) is 81.8 Å². The monoisotopic (exact) mass is 473 g/mol. The molecule has 0 radical (unpaired) electrons. The number of carbonyl (C=O) groups excluding carboxylic acids is 2. The number of benzene rings is 2. The predicted octanol–water partition coefficient (Wildman–Crippen LogP) is 3.23. The smallest absolute Gasteiger partial charge is 0.282 e. The van der Waals surface area contributed by atoms with Gasteiger partial charge >= 0.3 is 0 Å². The van der Waals surface area contributed by atoms with E-state index in [4.69, 9.17) is 4.42 Å². The Morgan fingerprint density at radius 3 is 2.47 bits per heavy atom. The van der Waals surface area contributed by atoms with Gasteiger partial charge in [0.15, 0.2) is 10.6 Å². The largest absolute Gasteiger partial charge is 0.436 e. The van der Waals surface area contributed by atoms with Crippen molar-refractivity contribution in [3.63, 3.8) is 0 Å². The van der Waals surface area contributed by atoms with Gasteiger partial charge in [-0.15, -0.1) is 11.3 Å². The highest BCUT2D eigenvalue weighted by Gasteiger charge is 2.37. The molecule has 6 rings (SSSR count). The highest BCUT2D eigenvalue weighted by molar-refractivity contribution is 7.11. The first-order valence-electron chi connectivity index (χ1n) is 11.3. The molecule has 2 aliphatic heterocycles. The van der Waals surface area contributed by atoms with Gasteiger partial charge in [0.1, 0.15) is 5.52 Å². The molecular weight excluding hydrogens is 450 g/mol. The SMILES string of the molecule is O=C(c1ccc2nc(-c3ccccc3)oc2c1)N1CCN(C2CN(C(=O)c3nccs3)C2)CC1. The van der Waals surface area contributed by atoms with Crippen LogP contribution in [0.5, 0.6) is 0 Å². The normalized spacial score (nSPS) is 17.2. The number of likely N-dealkylation sites (tertiary alicyclic amines) is 1. The zero-order valence-electron chi connectivity index (χ0n) is 18.5. The number of fused-ring (bicyclic) bond motifs is 1. The Kier molecular flexibility index (Phi) is 5.35. The molecular formula is C25H23N5O3S. The van der Waals surface area contributed by atoms with Crippen LogP contribution in [0.25, 0.3) is 22.6 Å². The van der Waals surface area contributed by atoms with E-state index in [-0.39, 0.29) is 11.8 Å². The van der Waals surface area contributed by atoms with E-state index >= 15 is 0 Å². The zero-order chi connectivity index (χ0) is 23.1. The van der Waals surface area contributed by atoms with Gasteiger partial charge in [0.25, 0.3) is 11.8 Å². The van der Waals surface area contributed by atoms with Crippen LogP contribution in [0.15, 0.2) is 64.5 Å². The average Bonchev–Trinajstić information content (AvgIpc) is 3.53. The quantitative estimate of drug-likeness (QED) is 0.453. The van der Waals surface area contributed by atoms with Gasteiger partial charge in [0, 0.05) is 68.0 Å². The topological polar surface area (TPSA) is 82.8 Å². The molecule has 0 aliphatic carbocycles. The lowest BCUT2D eigenvalue weighted by atomic mass is 10.1. The maximum atomic E-state index is 13.1. The first-order valence-corrected chi connectivity index (χ1v) is 12.2. The summed E-state index contributed by atoms with van der Waals surface area (Å²) in [5.41, 5.74) is 2.87. The Hall–Kier alpha value is -3.56. The molecule has 0 bridgehead atoms. The van der Waals surface area contributed by atoms with Gasteiger partial charge in [-0.2, -0.15) is 0 Å². The summed E-state index contributed by atoms with van der Waals surface area (Å²) in [6.07, 6.45) is 1.66. The lowest BCUT2D eigenvalue weighted by Crippen LogP contribution is -2.64. The number of aromatic nitrogens is 2. The van der Waals surface area contributed by atoms with Gasteiger partial charge in [-0.1, -0.05) is 18.2 Å². The summed E-state index contributed by atoms with van der Waals surface area (Å²) in [6, 6.07) is 15.5. The third-order valence-corrected chi connectivity index (χ3v) is 7.30. The summed E-state index contributed by atoms with van der Waals surface area (Å²) >= 11 is 1.38. The molecule has 0 atom stereocenters. The van der Waals surface area contributed by atoms with E-state index in [0.717, 1.165) is 37.3 Å². The number of hydrogen-bond donors (Lipinski definition) is 0. The molecule has 172 valence electrons. The second-order valence-electron chi connectivity index (χ2n) is 8.60. The van der Waals surface area contributed by atoms with Crippen LogP contribution in [0, 0.1) is 0 Å². The summed E-state index contributed by atoms with van der Waals surface area (Å²) in [5.74, 6) is 0.573. The third-order valence-electron chi connectivity index (χ3n) is 6.54. The van der Waals surface area contributed by atoms with Crippen molar-refractivity contribution in [3.8, 4) is 11.5 Å². The highest BCUT2D eigenvalue weighted by atomic mass is 32.1. The van der Waals surface area contributed by atoms with Gasteiger partial charge in [-0.05, 0) is 30.3 Å². The van der Waals surface area contributed by atoms with Crippen molar-refractivity contribution in [1.82, 2.24) is 24.7 Å². The molecule has 2 fully saturated rings. The molecule has 8 nitrogen and oxygen atoms in total. The maximum absolute atomic E-state index is 13.1. The van der Waals surface area contributed by atoms with E-state index in [0.29, 0.717) is 41.2 Å². The molecule has 0 spiro atoms. The molecule has 2 aromatic carbocycles. The Morgan fingerprint density at radius 1 is 0.941 bits per heavy atom. The second kappa shape index (κ2) is 8.66. The van der Waals surface area contributed by atoms with Crippen molar-refractivity contribution in [2.45, 2.75) is 6.04 Å². The molecule has 2 aliphatic rings. The number of oxazole rings is 1. The van der Waals surface area contributed by atoms with Crippen molar-refractivity contribution >= 4 is 34.3 Å². The summed E-state index contributed by atoms with van der Waals surface area (Å²) < 4.78 is 5.93. The van der Waals surface area contributed by atoms with Crippen molar-refractivity contribution in [1.29, 1.82) is 0 Å². The molecule has 34 heavy (non-hydrogen) atoms. The van der Waals surface area contributed by atoms with Crippen molar-refractivity contribution in [2.75, 3.05) is 39.3 Å². The van der Waals surface area contributed by atoms with Gasteiger partial charge in [-0.3, -0.25) is 14.5 Å². The minimum atomic E-state index is 0.00777. The summed E-state index contributed by atoms with van der Waals surface area (Å²) in [5, 5.41) is 2.37. The number of nitrogens with zero attached hydrogens (tertiary/aromatic N) is 5. The fourth-order valence-corrected chi connectivity index (χ4v) is 5.15. The minimum absolute atomic E-state index is 0.00777. The molecule has 0 saturated carbocycles. The van der Waals surface area contributed by atoms with Crippen molar-refractivity contribution in [2.24, 2.45) is 0 Å². The molecule has 2 amide bonds. The first-order chi connectivity index (χ1) is 16.7. The number of rotatable bonds is 4. The van der Waals surface area contributed by atoms with Gasteiger partial charge in [0.05, 0.1) is 0 Å². The Morgan fingerprint density at radius 2 is 1.74 bits per heavy atom. The number of amides is 2. The number of carbonyl (C=O) groups is 2. The van der Waals surface area contributed by atoms with Crippen LogP contribution >= 0.6 is 11.3 Å². The highest BCUT2D eigenvalue weighted by Crippen LogP contribution is 2.26. The fraction of sp³-hybridized carbons (Fsp3) is 0.280. The third kappa shape index (κ3) is 3.86. The van der Waals surface area contributed by atoms with Crippen LogP contribution in [0.3, 0.4) is 0 Å². The number of hydrogen-bond acceptors (Lipinski definition) is 7. The Bertz CT molecular complexity index is 1320. The molecule has 2 saturated heterocycles. The molecule has 9 heteroatoms. The van der Waals surface area contributed by atoms with Crippen LogP contribution in [0.4, 0.5) is 0 Å². The Labute approximate surface area is 200 Å². The van der Waals surface area contributed by atoms with Gasteiger partial charge in [-0.25, -0.2) is 9.97 Å². The molecule has 2 aromatic heterocycles. The number of piperazine rings is 1. The van der Waals surface area contributed by atoms with E-state index in [9.17, 15) is 9.59 Å². The molecule has 0 unspecified atom stereocenters. The van der Waals surface area contributed by atoms with Crippen LogP contribution in [0.2, 0.25) is 0 Å². The predicted molar refractivity (Wildman–Crippen MR) is 129 cm³/mol. The van der Waals surface area contributed by atoms with Crippen LogP contribution < -0.4 is 0 Å².